The lowest BCUT2D eigenvalue weighted by Crippen LogP contribution is -2.41. The number of non-ortho nitro benzene ring substituents is 1. The second-order valence-corrected chi connectivity index (χ2v) is 3.48. The van der Waals surface area contributed by atoms with Gasteiger partial charge in [-0.15, -0.1) is 0 Å². The number of fused-ring (bicyclic) bond motifs is 1. The van der Waals surface area contributed by atoms with Gasteiger partial charge in [-0.3, -0.25) is 19.7 Å². The Morgan fingerprint density at radius 1 is 1.39 bits per heavy atom. The molecule has 0 radical (unpaired) electrons. The molecular weight excluding hydrogens is 242 g/mol. The molecule has 0 fully saturated rings. The van der Waals surface area contributed by atoms with E-state index in [1.165, 1.54) is 13.1 Å². The number of nitrogens with one attached hydrogen (secondary N) is 1. The van der Waals surface area contributed by atoms with Crippen LogP contribution in [-0.2, 0) is 4.79 Å². The number of nitro benzene ring substituents is 1. The summed E-state index contributed by atoms with van der Waals surface area (Å²) in [6.07, 6.45) is 0. The summed E-state index contributed by atoms with van der Waals surface area (Å²) in [6.45, 7) is 0. The number of anilines is 1. The normalized spacial score (nSPS) is 13.5. The fourth-order valence-electron chi connectivity index (χ4n) is 1.65. The highest BCUT2D eigenvalue weighted by molar-refractivity contribution is 6.56. The molecule has 0 saturated heterocycles. The Bertz CT molecular complexity index is 595. The number of amides is 3. The Morgan fingerprint density at radius 3 is 2.61 bits per heavy atom. The molecule has 0 aliphatic carbocycles. The van der Waals surface area contributed by atoms with Gasteiger partial charge in [0.25, 0.3) is 11.5 Å². The predicted molar refractivity (Wildman–Crippen MR) is 59.4 cm³/mol. The largest absolute Gasteiger partial charge is 0.340 e. The van der Waals surface area contributed by atoms with Gasteiger partial charge < -0.3 is 5.32 Å². The number of nitro groups is 1. The number of rotatable bonds is 1. The van der Waals surface area contributed by atoms with Crippen LogP contribution >= 0.6 is 0 Å². The summed E-state index contributed by atoms with van der Waals surface area (Å²) in [5, 5.41) is 12.8. The molecule has 1 aromatic rings. The second kappa shape index (κ2) is 3.91. The van der Waals surface area contributed by atoms with E-state index in [1.54, 1.807) is 0 Å². The highest BCUT2D eigenvalue weighted by atomic mass is 16.6. The van der Waals surface area contributed by atoms with Crippen LogP contribution in [0.1, 0.15) is 10.4 Å². The summed E-state index contributed by atoms with van der Waals surface area (Å²) in [6, 6.07) is 2.55. The minimum absolute atomic E-state index is 0.0509. The molecule has 1 aliphatic heterocycles. The fourth-order valence-corrected chi connectivity index (χ4v) is 1.65. The molecule has 8 nitrogen and oxygen atoms in total. The number of ketones is 1. The quantitative estimate of drug-likeness (QED) is 0.441. The van der Waals surface area contributed by atoms with E-state index in [2.05, 4.69) is 5.32 Å². The van der Waals surface area contributed by atoms with Gasteiger partial charge in [-0.1, -0.05) is 0 Å². The highest BCUT2D eigenvalue weighted by Crippen LogP contribution is 2.31. The van der Waals surface area contributed by atoms with Crippen molar-refractivity contribution >= 4 is 29.1 Å². The molecule has 92 valence electrons. The smallest absolute Gasteiger partial charge is 0.328 e. The Kier molecular flexibility index (Phi) is 2.55. The maximum absolute atomic E-state index is 11.6. The van der Waals surface area contributed by atoms with Crippen LogP contribution in [0.5, 0.6) is 0 Å². The first-order chi connectivity index (χ1) is 8.47. The third-order valence-corrected chi connectivity index (χ3v) is 2.49. The fraction of sp³-hybridized carbons (Fsp3) is 0.100. The van der Waals surface area contributed by atoms with Gasteiger partial charge in [0, 0.05) is 19.2 Å². The molecule has 1 heterocycles. The lowest BCUT2D eigenvalue weighted by molar-refractivity contribution is -0.384. The van der Waals surface area contributed by atoms with Gasteiger partial charge in [-0.2, -0.15) is 0 Å². The topological polar surface area (TPSA) is 110 Å². The van der Waals surface area contributed by atoms with Crippen LogP contribution < -0.4 is 10.2 Å². The van der Waals surface area contributed by atoms with Gasteiger partial charge in [0.1, 0.15) is 0 Å². The molecule has 0 atom stereocenters. The van der Waals surface area contributed by atoms with Crippen molar-refractivity contribution in [3.8, 4) is 0 Å². The molecule has 0 spiro atoms. The number of nitrogens with zero attached hydrogens (tertiary/aromatic N) is 2. The molecule has 1 N–H and O–H groups in total. The monoisotopic (exact) mass is 249 g/mol. The zero-order valence-electron chi connectivity index (χ0n) is 9.17. The molecule has 1 aromatic carbocycles. The summed E-state index contributed by atoms with van der Waals surface area (Å²) in [4.78, 5) is 45.2. The Morgan fingerprint density at radius 2 is 2.06 bits per heavy atom. The van der Waals surface area contributed by atoms with Crippen molar-refractivity contribution in [1.82, 2.24) is 5.32 Å². The zero-order chi connectivity index (χ0) is 13.4. The molecule has 1 aliphatic rings. The van der Waals surface area contributed by atoms with Crippen molar-refractivity contribution in [1.29, 1.82) is 0 Å². The van der Waals surface area contributed by atoms with Crippen LogP contribution in [0.15, 0.2) is 18.2 Å². The van der Waals surface area contributed by atoms with Gasteiger partial charge >= 0.3 is 11.9 Å². The lowest BCUT2D eigenvalue weighted by Gasteiger charge is -2.12. The molecule has 8 heteroatoms. The number of carbonyl (C=O) groups excluding carboxylic acids is 3. The van der Waals surface area contributed by atoms with Gasteiger partial charge in [0.2, 0.25) is 0 Å². The first kappa shape index (κ1) is 11.7. The number of carbonyl (C=O) groups is 3. The van der Waals surface area contributed by atoms with E-state index in [4.69, 9.17) is 0 Å². The SMILES string of the molecule is CNC(=O)N1C(=O)C(=O)c2cc([N+](=O)[O-])ccc21. The number of imide groups is 1. The highest BCUT2D eigenvalue weighted by Gasteiger charge is 2.40. The van der Waals surface area contributed by atoms with E-state index < -0.39 is 22.6 Å². The van der Waals surface area contributed by atoms with E-state index in [9.17, 15) is 24.5 Å². The van der Waals surface area contributed by atoms with Gasteiger partial charge in [0.05, 0.1) is 16.2 Å². The molecule has 0 bridgehead atoms. The van der Waals surface area contributed by atoms with Gasteiger partial charge in [-0.25, -0.2) is 9.69 Å². The van der Waals surface area contributed by atoms with E-state index in [0.29, 0.717) is 4.90 Å². The number of hydrogen-bond donors (Lipinski definition) is 1. The summed E-state index contributed by atoms with van der Waals surface area (Å²) >= 11 is 0. The predicted octanol–water partition coefficient (Wildman–Crippen LogP) is 0.463. The van der Waals surface area contributed by atoms with Crippen LogP contribution in [0.3, 0.4) is 0 Å². The lowest BCUT2D eigenvalue weighted by atomic mass is 10.1. The molecule has 18 heavy (non-hydrogen) atoms. The van der Waals surface area contributed by atoms with E-state index in [0.717, 1.165) is 12.1 Å². The Hall–Kier alpha value is -2.77. The molecule has 3 amide bonds. The second-order valence-electron chi connectivity index (χ2n) is 3.48. The van der Waals surface area contributed by atoms with Crippen LogP contribution in [0, 0.1) is 10.1 Å². The van der Waals surface area contributed by atoms with Gasteiger partial charge in [0.15, 0.2) is 0 Å². The van der Waals surface area contributed by atoms with E-state index in [1.807, 2.05) is 0 Å². The van der Waals surface area contributed by atoms with E-state index >= 15 is 0 Å². The first-order valence-electron chi connectivity index (χ1n) is 4.86. The third-order valence-electron chi connectivity index (χ3n) is 2.49. The van der Waals surface area contributed by atoms with Crippen molar-refractivity contribution in [2.24, 2.45) is 0 Å². The summed E-state index contributed by atoms with van der Waals surface area (Å²) in [5.74, 6) is -1.96. The Labute approximate surface area is 100 Å². The van der Waals surface area contributed by atoms with Crippen molar-refractivity contribution in [3.05, 3.63) is 33.9 Å². The van der Waals surface area contributed by atoms with Crippen molar-refractivity contribution in [3.63, 3.8) is 0 Å². The Balaban J connectivity index is 2.58. The number of benzene rings is 1. The van der Waals surface area contributed by atoms with Crippen LogP contribution in [0.4, 0.5) is 16.2 Å². The zero-order valence-corrected chi connectivity index (χ0v) is 9.17. The average molecular weight is 249 g/mol. The van der Waals surface area contributed by atoms with Crippen molar-refractivity contribution in [2.75, 3.05) is 11.9 Å². The summed E-state index contributed by atoms with van der Waals surface area (Å²) in [5.41, 5.74) is -0.401. The standard InChI is InChI=1S/C10H7N3O5/c1-11-10(16)12-7-3-2-5(13(17)18)4-6(7)8(14)9(12)15/h2-4H,1H3,(H,11,16). The number of urea groups is 1. The third kappa shape index (κ3) is 1.51. The summed E-state index contributed by atoms with van der Waals surface area (Å²) < 4.78 is 0. The maximum atomic E-state index is 11.6. The first-order valence-corrected chi connectivity index (χ1v) is 4.86. The molecule has 0 aromatic heterocycles. The van der Waals surface area contributed by atoms with Crippen molar-refractivity contribution < 1.29 is 19.3 Å². The molecule has 0 saturated carbocycles. The number of Topliss-reactive ketones (excluding diaryl/α,β-unsaturated/α-hetero) is 1. The van der Waals surface area contributed by atoms with Crippen molar-refractivity contribution in [2.45, 2.75) is 0 Å². The maximum Gasteiger partial charge on any atom is 0.328 e. The molecule has 2 rings (SSSR count). The number of hydrogen-bond acceptors (Lipinski definition) is 5. The van der Waals surface area contributed by atoms with Gasteiger partial charge in [-0.05, 0) is 6.07 Å². The van der Waals surface area contributed by atoms with Crippen LogP contribution in [-0.4, -0.2) is 29.7 Å². The summed E-state index contributed by atoms with van der Waals surface area (Å²) in [7, 11) is 1.31. The minimum atomic E-state index is -1.02. The minimum Gasteiger partial charge on any atom is -0.340 e. The van der Waals surface area contributed by atoms with Crippen LogP contribution in [0.2, 0.25) is 0 Å². The average Bonchev–Trinajstić information content (AvgIpc) is 2.61. The molecular formula is C10H7N3O5. The van der Waals surface area contributed by atoms with Crippen LogP contribution in [0.25, 0.3) is 0 Å². The molecule has 0 unspecified atom stereocenters. The van der Waals surface area contributed by atoms with E-state index in [-0.39, 0.29) is 16.9 Å².